The number of ether oxygens (including phenoxy) is 1. The molecule has 1 amide bonds. The lowest BCUT2D eigenvalue weighted by Crippen LogP contribution is -2.36. The number of hydrogen-bond donors (Lipinski definition) is 1. The van der Waals surface area contributed by atoms with Crippen molar-refractivity contribution in [1.82, 2.24) is 10.3 Å². The number of fused-ring (bicyclic) bond motifs is 1. The first kappa shape index (κ1) is 15.9. The van der Waals surface area contributed by atoms with Gasteiger partial charge in [-0.15, -0.1) is 0 Å². The zero-order chi connectivity index (χ0) is 17.2. The summed E-state index contributed by atoms with van der Waals surface area (Å²) in [7, 11) is 0. The number of halogens is 1. The lowest BCUT2D eigenvalue weighted by atomic mass is 10.1. The molecule has 2 aromatic carbocycles. The Morgan fingerprint density at radius 1 is 1.08 bits per heavy atom. The minimum atomic E-state index is -0.311. The van der Waals surface area contributed by atoms with Gasteiger partial charge in [0.05, 0.1) is 35.2 Å². The standard InChI is InChI=1S/C17H15ClN4O3/c18-12-4-2-1-3-11(12)17(23)19-13-5-6-14(16-15(13)20-25-21-16)22-7-9-24-10-8-22/h1-6H,7-10H2,(H,19,23). The predicted molar refractivity (Wildman–Crippen MR) is 94.2 cm³/mol. The Labute approximate surface area is 148 Å². The van der Waals surface area contributed by atoms with E-state index >= 15 is 0 Å². The normalized spacial score (nSPS) is 14.7. The summed E-state index contributed by atoms with van der Waals surface area (Å²) in [5.74, 6) is -0.311. The van der Waals surface area contributed by atoms with E-state index in [1.807, 2.05) is 6.07 Å². The van der Waals surface area contributed by atoms with Gasteiger partial charge in [-0.1, -0.05) is 23.7 Å². The molecule has 2 heterocycles. The molecule has 0 atom stereocenters. The summed E-state index contributed by atoms with van der Waals surface area (Å²) in [6.45, 7) is 2.87. The monoisotopic (exact) mass is 358 g/mol. The molecule has 25 heavy (non-hydrogen) atoms. The van der Waals surface area contributed by atoms with E-state index in [0.29, 0.717) is 40.5 Å². The molecule has 0 spiro atoms. The molecule has 1 aromatic heterocycles. The molecular weight excluding hydrogens is 344 g/mol. The third-order valence-electron chi connectivity index (χ3n) is 4.11. The molecule has 3 aromatic rings. The second kappa shape index (κ2) is 6.70. The smallest absolute Gasteiger partial charge is 0.257 e. The molecule has 1 saturated heterocycles. The van der Waals surface area contributed by atoms with Crippen LogP contribution in [0.4, 0.5) is 11.4 Å². The maximum atomic E-state index is 12.5. The summed E-state index contributed by atoms with van der Waals surface area (Å²) in [5.41, 5.74) is 2.95. The number of morpholine rings is 1. The summed E-state index contributed by atoms with van der Waals surface area (Å²) in [4.78, 5) is 14.6. The van der Waals surface area contributed by atoms with Crippen LogP contribution < -0.4 is 10.2 Å². The van der Waals surface area contributed by atoms with Gasteiger partial charge in [0.2, 0.25) is 0 Å². The molecule has 128 valence electrons. The zero-order valence-corrected chi connectivity index (χ0v) is 14.0. The number of carbonyl (C=O) groups is 1. The van der Waals surface area contributed by atoms with Gasteiger partial charge < -0.3 is 15.0 Å². The van der Waals surface area contributed by atoms with Crippen LogP contribution in [-0.2, 0) is 4.74 Å². The van der Waals surface area contributed by atoms with Gasteiger partial charge in [-0.25, -0.2) is 4.63 Å². The van der Waals surface area contributed by atoms with Crippen LogP contribution in [0.2, 0.25) is 5.02 Å². The van der Waals surface area contributed by atoms with Crippen LogP contribution >= 0.6 is 11.6 Å². The second-order valence-electron chi connectivity index (χ2n) is 5.63. The third kappa shape index (κ3) is 3.04. The van der Waals surface area contributed by atoms with Crippen molar-refractivity contribution in [1.29, 1.82) is 0 Å². The van der Waals surface area contributed by atoms with E-state index in [9.17, 15) is 4.79 Å². The van der Waals surface area contributed by atoms with Gasteiger partial charge in [-0.05, 0) is 34.6 Å². The van der Waals surface area contributed by atoms with Crippen LogP contribution in [0.5, 0.6) is 0 Å². The fourth-order valence-electron chi connectivity index (χ4n) is 2.85. The highest BCUT2D eigenvalue weighted by Crippen LogP contribution is 2.31. The minimum Gasteiger partial charge on any atom is -0.378 e. The summed E-state index contributed by atoms with van der Waals surface area (Å²) in [6, 6.07) is 10.6. The Morgan fingerprint density at radius 3 is 2.64 bits per heavy atom. The molecule has 0 saturated carbocycles. The molecule has 7 nitrogen and oxygen atoms in total. The maximum absolute atomic E-state index is 12.5. The van der Waals surface area contributed by atoms with Crippen LogP contribution in [0.3, 0.4) is 0 Å². The predicted octanol–water partition coefficient (Wildman–Crippen LogP) is 2.97. The Bertz CT molecular complexity index is 921. The van der Waals surface area contributed by atoms with E-state index < -0.39 is 0 Å². The number of anilines is 2. The van der Waals surface area contributed by atoms with Crippen LogP contribution in [0.1, 0.15) is 10.4 Å². The maximum Gasteiger partial charge on any atom is 0.257 e. The molecule has 0 radical (unpaired) electrons. The number of benzene rings is 2. The second-order valence-corrected chi connectivity index (χ2v) is 6.03. The number of aromatic nitrogens is 2. The largest absolute Gasteiger partial charge is 0.378 e. The van der Waals surface area contributed by atoms with Crippen molar-refractivity contribution >= 4 is 39.9 Å². The molecule has 0 aliphatic carbocycles. The number of hydrogen-bond acceptors (Lipinski definition) is 6. The molecule has 1 fully saturated rings. The molecular formula is C17H15ClN4O3. The van der Waals surface area contributed by atoms with E-state index in [-0.39, 0.29) is 5.91 Å². The number of carbonyl (C=O) groups excluding carboxylic acids is 1. The Balaban J connectivity index is 1.66. The third-order valence-corrected chi connectivity index (χ3v) is 4.44. The first-order valence-electron chi connectivity index (χ1n) is 7.88. The van der Waals surface area contributed by atoms with E-state index in [1.165, 1.54) is 0 Å². The summed E-state index contributed by atoms with van der Waals surface area (Å²) in [6.07, 6.45) is 0. The minimum absolute atomic E-state index is 0.311. The van der Waals surface area contributed by atoms with Crippen LogP contribution in [0.15, 0.2) is 41.0 Å². The van der Waals surface area contributed by atoms with Gasteiger partial charge >= 0.3 is 0 Å². The molecule has 0 unspecified atom stereocenters. The van der Waals surface area contributed by atoms with Crippen molar-refractivity contribution < 1.29 is 14.2 Å². The van der Waals surface area contributed by atoms with Crippen molar-refractivity contribution in [2.45, 2.75) is 0 Å². The Morgan fingerprint density at radius 2 is 1.84 bits per heavy atom. The van der Waals surface area contributed by atoms with Crippen molar-refractivity contribution in [3.63, 3.8) is 0 Å². The molecule has 8 heteroatoms. The molecule has 1 aliphatic heterocycles. The number of nitrogens with zero attached hydrogens (tertiary/aromatic N) is 3. The first-order valence-corrected chi connectivity index (χ1v) is 8.25. The van der Waals surface area contributed by atoms with Crippen molar-refractivity contribution in [3.05, 3.63) is 47.0 Å². The highest BCUT2D eigenvalue weighted by molar-refractivity contribution is 6.34. The number of amides is 1. The molecule has 1 N–H and O–H groups in total. The van der Waals surface area contributed by atoms with Gasteiger partial charge in [-0.2, -0.15) is 0 Å². The van der Waals surface area contributed by atoms with Gasteiger partial charge in [0.15, 0.2) is 11.0 Å². The lowest BCUT2D eigenvalue weighted by molar-refractivity contribution is 0.102. The molecule has 1 aliphatic rings. The van der Waals surface area contributed by atoms with Gasteiger partial charge in [0.25, 0.3) is 5.91 Å². The number of rotatable bonds is 3. The van der Waals surface area contributed by atoms with Gasteiger partial charge in [0, 0.05) is 13.1 Å². The SMILES string of the molecule is O=C(Nc1ccc(N2CCOCC2)c2nonc12)c1ccccc1Cl. The van der Waals surface area contributed by atoms with E-state index in [1.54, 1.807) is 30.3 Å². The summed E-state index contributed by atoms with van der Waals surface area (Å²) < 4.78 is 10.3. The molecule has 0 bridgehead atoms. The van der Waals surface area contributed by atoms with Gasteiger partial charge in [-0.3, -0.25) is 4.79 Å². The average Bonchev–Trinajstić information content (AvgIpc) is 3.13. The highest BCUT2D eigenvalue weighted by Gasteiger charge is 2.20. The quantitative estimate of drug-likeness (QED) is 0.775. The van der Waals surface area contributed by atoms with E-state index in [0.717, 1.165) is 18.8 Å². The summed E-state index contributed by atoms with van der Waals surface area (Å²) >= 11 is 6.08. The Hall–Kier alpha value is -2.64. The summed E-state index contributed by atoms with van der Waals surface area (Å²) in [5, 5.41) is 11.2. The number of nitrogens with one attached hydrogen (secondary N) is 1. The first-order chi connectivity index (χ1) is 12.2. The van der Waals surface area contributed by atoms with Crippen LogP contribution in [0.25, 0.3) is 11.0 Å². The van der Waals surface area contributed by atoms with E-state index in [2.05, 4.69) is 20.5 Å². The van der Waals surface area contributed by atoms with Gasteiger partial charge in [0.1, 0.15) is 0 Å². The van der Waals surface area contributed by atoms with Crippen molar-refractivity contribution in [2.24, 2.45) is 0 Å². The lowest BCUT2D eigenvalue weighted by Gasteiger charge is -2.28. The van der Waals surface area contributed by atoms with E-state index in [4.69, 9.17) is 21.0 Å². The topological polar surface area (TPSA) is 80.5 Å². The fourth-order valence-corrected chi connectivity index (χ4v) is 3.07. The fraction of sp³-hybridized carbons (Fsp3) is 0.235. The van der Waals surface area contributed by atoms with Crippen molar-refractivity contribution in [3.8, 4) is 0 Å². The van der Waals surface area contributed by atoms with Crippen molar-refractivity contribution in [2.75, 3.05) is 36.5 Å². The van der Waals surface area contributed by atoms with Crippen LogP contribution in [0, 0.1) is 0 Å². The average molecular weight is 359 g/mol. The van der Waals surface area contributed by atoms with Crippen LogP contribution in [-0.4, -0.2) is 42.5 Å². The Kier molecular flexibility index (Phi) is 4.25. The zero-order valence-electron chi connectivity index (χ0n) is 13.2. The molecule has 4 rings (SSSR count). The highest BCUT2D eigenvalue weighted by atomic mass is 35.5.